The molecule has 0 heterocycles. The van der Waals surface area contributed by atoms with Gasteiger partial charge in [0, 0.05) is 31.4 Å². The van der Waals surface area contributed by atoms with Crippen LogP contribution in [0, 0.1) is 0 Å². The van der Waals surface area contributed by atoms with Crippen LogP contribution in [-0.2, 0) is 4.74 Å². The molecule has 116 valence electrons. The van der Waals surface area contributed by atoms with Crippen LogP contribution in [0.5, 0.6) is 0 Å². The molecule has 0 aromatic heterocycles. The minimum atomic E-state index is -0.0380. The smallest absolute Gasteiger partial charge is 0.322 e. The monoisotopic (exact) mass is 291 g/mol. The van der Waals surface area contributed by atoms with Gasteiger partial charge in [-0.3, -0.25) is 0 Å². The van der Waals surface area contributed by atoms with E-state index >= 15 is 0 Å². The molecule has 2 rings (SSSR count). The van der Waals surface area contributed by atoms with Crippen molar-refractivity contribution in [2.24, 2.45) is 0 Å². The largest absolute Gasteiger partial charge is 0.383 e. The normalized spacial score (nSPS) is 15.6. The first-order chi connectivity index (χ1) is 10.2. The Labute approximate surface area is 126 Å². The van der Waals surface area contributed by atoms with Crippen LogP contribution in [0.25, 0.3) is 0 Å². The number of amides is 2. The maximum Gasteiger partial charge on any atom is 0.322 e. The van der Waals surface area contributed by atoms with Gasteiger partial charge in [0.1, 0.15) is 0 Å². The summed E-state index contributed by atoms with van der Waals surface area (Å²) < 4.78 is 5.08. The molecule has 1 aromatic rings. The molecule has 0 saturated heterocycles. The average molecular weight is 291 g/mol. The number of benzene rings is 1. The maximum atomic E-state index is 12.3. The molecular formula is C16H25N3O2. The summed E-state index contributed by atoms with van der Waals surface area (Å²) in [5, 5.41) is 6.16. The summed E-state index contributed by atoms with van der Waals surface area (Å²) in [4.78, 5) is 14.2. The Bertz CT molecular complexity index is 457. The van der Waals surface area contributed by atoms with E-state index < -0.39 is 0 Å². The number of nitrogens with zero attached hydrogens (tertiary/aromatic N) is 1. The van der Waals surface area contributed by atoms with Crippen molar-refractivity contribution >= 4 is 11.7 Å². The molecule has 0 bridgehead atoms. The van der Waals surface area contributed by atoms with Crippen molar-refractivity contribution in [3.63, 3.8) is 0 Å². The molecule has 0 spiro atoms. The number of hydrogen-bond donors (Lipinski definition) is 2. The van der Waals surface area contributed by atoms with Gasteiger partial charge in [-0.15, -0.1) is 0 Å². The number of ether oxygens (including phenoxy) is 1. The third kappa shape index (κ3) is 4.44. The van der Waals surface area contributed by atoms with Gasteiger partial charge >= 0.3 is 6.03 Å². The average Bonchev–Trinajstić information content (AvgIpc) is 3.32. The highest BCUT2D eigenvalue weighted by molar-refractivity contribution is 5.89. The fourth-order valence-electron chi connectivity index (χ4n) is 2.24. The van der Waals surface area contributed by atoms with Gasteiger partial charge in [0.15, 0.2) is 0 Å². The van der Waals surface area contributed by atoms with Crippen LogP contribution >= 0.6 is 0 Å². The number of hydrogen-bond acceptors (Lipinski definition) is 3. The van der Waals surface area contributed by atoms with E-state index in [4.69, 9.17) is 4.74 Å². The van der Waals surface area contributed by atoms with Crippen molar-refractivity contribution in [3.05, 3.63) is 29.8 Å². The highest BCUT2D eigenvalue weighted by Gasteiger charge is 2.32. The summed E-state index contributed by atoms with van der Waals surface area (Å²) in [7, 11) is 3.59. The van der Waals surface area contributed by atoms with Gasteiger partial charge in [0.25, 0.3) is 0 Å². The highest BCUT2D eigenvalue weighted by Crippen LogP contribution is 2.27. The molecule has 2 amide bonds. The van der Waals surface area contributed by atoms with Crippen molar-refractivity contribution in [1.29, 1.82) is 0 Å². The number of rotatable bonds is 7. The van der Waals surface area contributed by atoms with Crippen LogP contribution in [0.4, 0.5) is 10.5 Å². The lowest BCUT2D eigenvalue weighted by molar-refractivity contribution is 0.152. The van der Waals surface area contributed by atoms with E-state index in [0.717, 1.165) is 18.5 Å². The zero-order valence-electron chi connectivity index (χ0n) is 13.1. The predicted octanol–water partition coefficient (Wildman–Crippen LogP) is 2.61. The van der Waals surface area contributed by atoms with Crippen molar-refractivity contribution in [3.8, 4) is 0 Å². The summed E-state index contributed by atoms with van der Waals surface area (Å²) in [5.41, 5.74) is 2.03. The summed E-state index contributed by atoms with van der Waals surface area (Å²) in [6.07, 6.45) is 2.19. The fraction of sp³-hybridized carbons (Fsp3) is 0.562. The maximum absolute atomic E-state index is 12.3. The first-order valence-electron chi connectivity index (χ1n) is 7.49. The highest BCUT2D eigenvalue weighted by atomic mass is 16.5. The number of nitrogens with one attached hydrogen (secondary N) is 2. The minimum absolute atomic E-state index is 0.0380. The topological polar surface area (TPSA) is 53.6 Å². The van der Waals surface area contributed by atoms with E-state index in [9.17, 15) is 4.79 Å². The zero-order chi connectivity index (χ0) is 15.2. The molecule has 2 N–H and O–H groups in total. The van der Waals surface area contributed by atoms with Gasteiger partial charge in [-0.25, -0.2) is 4.79 Å². The fourth-order valence-corrected chi connectivity index (χ4v) is 2.24. The molecule has 0 radical (unpaired) electrons. The number of carbonyl (C=O) groups excluding carboxylic acids is 1. The van der Waals surface area contributed by atoms with E-state index in [2.05, 4.69) is 17.6 Å². The summed E-state index contributed by atoms with van der Waals surface area (Å²) in [6.45, 7) is 3.32. The van der Waals surface area contributed by atoms with Crippen LogP contribution < -0.4 is 10.6 Å². The van der Waals surface area contributed by atoms with Gasteiger partial charge in [0.05, 0.1) is 6.61 Å². The first-order valence-corrected chi connectivity index (χ1v) is 7.49. The number of carbonyl (C=O) groups is 1. The van der Waals surface area contributed by atoms with Crippen LogP contribution in [0.2, 0.25) is 0 Å². The Morgan fingerprint density at radius 2 is 2.05 bits per heavy atom. The van der Waals surface area contributed by atoms with Crippen LogP contribution in [-0.4, -0.2) is 44.3 Å². The first kappa shape index (κ1) is 15.8. The molecule has 1 atom stereocenters. The van der Waals surface area contributed by atoms with Crippen molar-refractivity contribution < 1.29 is 9.53 Å². The predicted molar refractivity (Wildman–Crippen MR) is 84.5 cm³/mol. The lowest BCUT2D eigenvalue weighted by Gasteiger charge is -2.22. The lowest BCUT2D eigenvalue weighted by atomic mass is 10.1. The van der Waals surface area contributed by atoms with Crippen LogP contribution in [0.15, 0.2) is 24.3 Å². The molecule has 1 aliphatic carbocycles. The standard InChI is InChI=1S/C16H25N3O2/c1-12(17-2)13-4-6-14(7-5-13)18-16(20)19(10-11-21-3)15-8-9-15/h4-7,12,15,17H,8-11H2,1-3H3,(H,18,20). The van der Waals surface area contributed by atoms with Gasteiger partial charge < -0.3 is 20.3 Å². The third-order valence-electron chi connectivity index (χ3n) is 3.88. The summed E-state index contributed by atoms with van der Waals surface area (Å²) >= 11 is 0. The quantitative estimate of drug-likeness (QED) is 0.812. The number of anilines is 1. The second-order valence-corrected chi connectivity index (χ2v) is 5.48. The zero-order valence-corrected chi connectivity index (χ0v) is 13.1. The van der Waals surface area contributed by atoms with E-state index in [1.807, 2.05) is 36.2 Å². The molecular weight excluding hydrogens is 266 g/mol. The number of methoxy groups -OCH3 is 1. The van der Waals surface area contributed by atoms with Crippen LogP contribution in [0.3, 0.4) is 0 Å². The molecule has 1 saturated carbocycles. The molecule has 1 aromatic carbocycles. The van der Waals surface area contributed by atoms with Crippen LogP contribution in [0.1, 0.15) is 31.4 Å². The SMILES string of the molecule is CNC(C)c1ccc(NC(=O)N(CCOC)C2CC2)cc1. The van der Waals surface area contributed by atoms with E-state index in [0.29, 0.717) is 25.2 Å². The molecule has 1 unspecified atom stereocenters. The third-order valence-corrected chi connectivity index (χ3v) is 3.88. The second-order valence-electron chi connectivity index (χ2n) is 5.48. The van der Waals surface area contributed by atoms with Gasteiger partial charge in [-0.05, 0) is 44.5 Å². The second kappa shape index (κ2) is 7.43. The van der Waals surface area contributed by atoms with Gasteiger partial charge in [-0.2, -0.15) is 0 Å². The Morgan fingerprint density at radius 3 is 2.57 bits per heavy atom. The Morgan fingerprint density at radius 1 is 1.38 bits per heavy atom. The molecule has 21 heavy (non-hydrogen) atoms. The van der Waals surface area contributed by atoms with E-state index in [1.165, 1.54) is 5.56 Å². The Balaban J connectivity index is 1.94. The summed E-state index contributed by atoms with van der Waals surface area (Å²) in [6, 6.07) is 8.61. The Hall–Kier alpha value is -1.59. The van der Waals surface area contributed by atoms with Gasteiger partial charge in [-0.1, -0.05) is 12.1 Å². The van der Waals surface area contributed by atoms with Crippen molar-refractivity contribution in [1.82, 2.24) is 10.2 Å². The summed E-state index contributed by atoms with van der Waals surface area (Å²) in [5.74, 6) is 0. The van der Waals surface area contributed by atoms with Gasteiger partial charge in [0.2, 0.25) is 0 Å². The minimum Gasteiger partial charge on any atom is -0.383 e. The molecule has 5 nitrogen and oxygen atoms in total. The lowest BCUT2D eigenvalue weighted by Crippen LogP contribution is -2.39. The van der Waals surface area contributed by atoms with E-state index in [-0.39, 0.29) is 6.03 Å². The van der Waals surface area contributed by atoms with E-state index in [1.54, 1.807) is 7.11 Å². The van der Waals surface area contributed by atoms with Crippen molar-refractivity contribution in [2.45, 2.75) is 31.8 Å². The Kier molecular flexibility index (Phi) is 5.59. The molecule has 1 aliphatic rings. The molecule has 1 fully saturated rings. The number of urea groups is 1. The molecule has 5 heteroatoms. The van der Waals surface area contributed by atoms with Crippen molar-refractivity contribution in [2.75, 3.05) is 32.6 Å². The molecule has 0 aliphatic heterocycles.